The number of nitrogens with zero attached hydrogens (tertiary/aromatic N) is 3. The molecule has 2 aliphatic heterocycles. The largest absolute Gasteiger partial charge is 0.378 e. The molecule has 3 heterocycles. The Bertz CT molecular complexity index is 941. The number of carbonyl (C=O) groups excluding carboxylic acids is 1. The van der Waals surface area contributed by atoms with Crippen LogP contribution in [-0.2, 0) is 22.4 Å². The Kier molecular flexibility index (Phi) is 4.61. The van der Waals surface area contributed by atoms with E-state index in [-0.39, 0.29) is 42.2 Å². The highest BCUT2D eigenvalue weighted by Crippen LogP contribution is 2.31. The predicted octanol–water partition coefficient (Wildman–Crippen LogP) is 1.02. The molecule has 0 atom stereocenters. The lowest BCUT2D eigenvalue weighted by Gasteiger charge is -2.27. The molecular weight excluding hydrogens is 358 g/mol. The fourth-order valence-corrected chi connectivity index (χ4v) is 3.45. The van der Waals surface area contributed by atoms with Crippen LogP contribution < -0.4 is 15.4 Å². The molecule has 0 saturated carbocycles. The minimum Gasteiger partial charge on any atom is -0.378 e. The lowest BCUT2D eigenvalue weighted by atomic mass is 10.1. The topological polar surface area (TPSA) is 78.5 Å². The number of hydrogen-bond acceptors (Lipinski definition) is 5. The average molecular weight is 376 g/mol. The zero-order valence-electron chi connectivity index (χ0n) is 14.5. The number of H-pyrrole nitrogens is 1. The lowest BCUT2D eigenvalue weighted by Crippen LogP contribution is -2.38. The van der Waals surface area contributed by atoms with Gasteiger partial charge in [-0.25, -0.2) is 13.8 Å². The SMILES string of the molecule is O=C(Cc1nc(N2CCOCC2)cc(=O)[nH]1)N1CCc2c1ccc(F)c2F. The molecule has 0 aliphatic carbocycles. The molecule has 4 rings (SSSR count). The average Bonchev–Trinajstić information content (AvgIpc) is 3.10. The Hall–Kier alpha value is -2.81. The van der Waals surface area contributed by atoms with E-state index in [1.807, 2.05) is 4.90 Å². The fraction of sp³-hybridized carbons (Fsp3) is 0.389. The van der Waals surface area contributed by atoms with Gasteiger partial charge >= 0.3 is 0 Å². The maximum absolute atomic E-state index is 13.9. The number of amides is 1. The van der Waals surface area contributed by atoms with Gasteiger partial charge in [-0.15, -0.1) is 0 Å². The first-order chi connectivity index (χ1) is 13.0. The molecule has 1 fully saturated rings. The molecular formula is C18H18F2N4O3. The number of benzene rings is 1. The normalized spacial score (nSPS) is 16.5. The Morgan fingerprint density at radius 2 is 2.00 bits per heavy atom. The monoisotopic (exact) mass is 376 g/mol. The van der Waals surface area contributed by atoms with E-state index in [1.54, 1.807) is 0 Å². The molecule has 9 heteroatoms. The molecule has 2 aromatic rings. The van der Waals surface area contributed by atoms with Crippen molar-refractivity contribution in [2.24, 2.45) is 0 Å². The number of carbonyl (C=O) groups is 1. The number of rotatable bonds is 3. The summed E-state index contributed by atoms with van der Waals surface area (Å²) in [6.45, 7) is 2.61. The number of aromatic nitrogens is 2. The molecule has 0 unspecified atom stereocenters. The minimum absolute atomic E-state index is 0.133. The highest BCUT2D eigenvalue weighted by molar-refractivity contribution is 5.96. The number of anilines is 2. The van der Waals surface area contributed by atoms with E-state index in [1.165, 1.54) is 17.0 Å². The highest BCUT2D eigenvalue weighted by Gasteiger charge is 2.29. The van der Waals surface area contributed by atoms with Crippen LogP contribution in [0.2, 0.25) is 0 Å². The van der Waals surface area contributed by atoms with Crippen molar-refractivity contribution in [1.82, 2.24) is 9.97 Å². The van der Waals surface area contributed by atoms with Gasteiger partial charge in [-0.05, 0) is 18.6 Å². The van der Waals surface area contributed by atoms with Crippen molar-refractivity contribution in [3.8, 4) is 0 Å². The summed E-state index contributed by atoms with van der Waals surface area (Å²) in [5, 5.41) is 0. The third-order valence-electron chi connectivity index (χ3n) is 4.78. The highest BCUT2D eigenvalue weighted by atomic mass is 19.2. The molecule has 1 N–H and O–H groups in total. The van der Waals surface area contributed by atoms with Gasteiger partial charge in [-0.3, -0.25) is 9.59 Å². The van der Waals surface area contributed by atoms with E-state index < -0.39 is 11.6 Å². The summed E-state index contributed by atoms with van der Waals surface area (Å²) in [5.41, 5.74) is 0.224. The molecule has 1 aromatic carbocycles. The summed E-state index contributed by atoms with van der Waals surface area (Å²) in [7, 11) is 0. The van der Waals surface area contributed by atoms with Crippen LogP contribution in [0.25, 0.3) is 0 Å². The standard InChI is InChI=1S/C18H18F2N4O3/c19-12-1-2-13-11(18(12)20)3-4-24(13)17(26)9-14-21-15(10-16(25)22-14)23-5-7-27-8-6-23/h1-2,10H,3-9H2,(H,21,22,25). The van der Waals surface area contributed by atoms with Crippen molar-refractivity contribution in [3.63, 3.8) is 0 Å². The molecule has 0 spiro atoms. The van der Waals surface area contributed by atoms with Gasteiger partial charge in [0.1, 0.15) is 11.6 Å². The molecule has 2 aliphatic rings. The van der Waals surface area contributed by atoms with Crippen molar-refractivity contribution >= 4 is 17.4 Å². The molecule has 0 bridgehead atoms. The number of aromatic amines is 1. The van der Waals surface area contributed by atoms with Crippen molar-refractivity contribution in [1.29, 1.82) is 0 Å². The van der Waals surface area contributed by atoms with Gasteiger partial charge in [0.15, 0.2) is 11.6 Å². The third-order valence-corrected chi connectivity index (χ3v) is 4.78. The number of halogens is 2. The zero-order chi connectivity index (χ0) is 19.0. The molecule has 27 heavy (non-hydrogen) atoms. The second-order valence-electron chi connectivity index (χ2n) is 6.48. The van der Waals surface area contributed by atoms with E-state index in [9.17, 15) is 18.4 Å². The smallest absolute Gasteiger partial charge is 0.252 e. The molecule has 1 amide bonds. The van der Waals surface area contributed by atoms with Crippen LogP contribution >= 0.6 is 0 Å². The summed E-state index contributed by atoms with van der Waals surface area (Å²) in [5.74, 6) is -1.43. The Morgan fingerprint density at radius 1 is 1.22 bits per heavy atom. The molecule has 0 radical (unpaired) electrons. The van der Waals surface area contributed by atoms with E-state index in [0.29, 0.717) is 37.8 Å². The number of hydrogen-bond donors (Lipinski definition) is 1. The Labute approximate surface area is 153 Å². The zero-order valence-corrected chi connectivity index (χ0v) is 14.5. The van der Waals surface area contributed by atoms with E-state index in [4.69, 9.17) is 4.74 Å². The first-order valence-corrected chi connectivity index (χ1v) is 8.73. The van der Waals surface area contributed by atoms with Crippen molar-refractivity contribution < 1.29 is 18.3 Å². The van der Waals surface area contributed by atoms with Crippen LogP contribution in [0.15, 0.2) is 23.0 Å². The molecule has 7 nitrogen and oxygen atoms in total. The van der Waals surface area contributed by atoms with Gasteiger partial charge in [-0.2, -0.15) is 0 Å². The second kappa shape index (κ2) is 7.07. The van der Waals surface area contributed by atoms with Gasteiger partial charge in [0.25, 0.3) is 5.56 Å². The first kappa shape index (κ1) is 17.6. The van der Waals surface area contributed by atoms with Crippen LogP contribution in [0, 0.1) is 11.6 Å². The summed E-state index contributed by atoms with van der Waals surface area (Å²) in [6, 6.07) is 3.81. The Balaban J connectivity index is 1.55. The summed E-state index contributed by atoms with van der Waals surface area (Å²) >= 11 is 0. The molecule has 1 aromatic heterocycles. The maximum atomic E-state index is 13.9. The van der Waals surface area contributed by atoms with E-state index in [2.05, 4.69) is 9.97 Å². The van der Waals surface area contributed by atoms with Crippen LogP contribution in [0.3, 0.4) is 0 Å². The predicted molar refractivity (Wildman–Crippen MR) is 94.0 cm³/mol. The van der Waals surface area contributed by atoms with Gasteiger partial charge in [0.2, 0.25) is 5.91 Å². The third kappa shape index (κ3) is 3.42. The van der Waals surface area contributed by atoms with Crippen LogP contribution in [-0.4, -0.2) is 48.7 Å². The Morgan fingerprint density at radius 3 is 2.78 bits per heavy atom. The first-order valence-electron chi connectivity index (χ1n) is 8.73. The second-order valence-corrected chi connectivity index (χ2v) is 6.48. The number of fused-ring (bicyclic) bond motifs is 1. The summed E-state index contributed by atoms with van der Waals surface area (Å²) in [4.78, 5) is 35.0. The van der Waals surface area contributed by atoms with E-state index >= 15 is 0 Å². The number of nitrogens with one attached hydrogen (secondary N) is 1. The van der Waals surface area contributed by atoms with Crippen molar-refractivity contribution in [2.45, 2.75) is 12.8 Å². The van der Waals surface area contributed by atoms with E-state index in [0.717, 1.165) is 6.07 Å². The van der Waals surface area contributed by atoms with Crippen LogP contribution in [0.4, 0.5) is 20.3 Å². The minimum atomic E-state index is -0.924. The summed E-state index contributed by atoms with van der Waals surface area (Å²) < 4.78 is 32.6. The fourth-order valence-electron chi connectivity index (χ4n) is 3.45. The van der Waals surface area contributed by atoms with Crippen molar-refractivity contribution in [2.75, 3.05) is 42.6 Å². The van der Waals surface area contributed by atoms with Gasteiger partial charge in [-0.1, -0.05) is 0 Å². The molecule has 1 saturated heterocycles. The van der Waals surface area contributed by atoms with Crippen LogP contribution in [0.5, 0.6) is 0 Å². The van der Waals surface area contributed by atoms with Crippen molar-refractivity contribution in [3.05, 3.63) is 51.6 Å². The van der Waals surface area contributed by atoms with Gasteiger partial charge in [0, 0.05) is 31.3 Å². The number of morpholine rings is 1. The summed E-state index contributed by atoms with van der Waals surface area (Å²) in [6.07, 6.45) is 0.119. The van der Waals surface area contributed by atoms with Gasteiger partial charge in [0.05, 0.1) is 25.3 Å². The lowest BCUT2D eigenvalue weighted by molar-refractivity contribution is -0.118. The quantitative estimate of drug-likeness (QED) is 0.865. The maximum Gasteiger partial charge on any atom is 0.252 e. The van der Waals surface area contributed by atoms with Gasteiger partial charge < -0.3 is 19.5 Å². The number of ether oxygens (including phenoxy) is 1. The van der Waals surface area contributed by atoms with Crippen LogP contribution in [0.1, 0.15) is 11.4 Å². The molecule has 142 valence electrons.